The second kappa shape index (κ2) is 10.3. The molecule has 2 N–H and O–H groups in total. The highest BCUT2D eigenvalue weighted by atomic mass is 32.2. The normalized spacial score (nSPS) is 11.5. The van der Waals surface area contributed by atoms with Gasteiger partial charge in [-0.3, -0.25) is 0 Å². The van der Waals surface area contributed by atoms with E-state index < -0.39 is 16.1 Å². The number of sulfonamides is 1. The smallest absolute Gasteiger partial charge is 0.328 e. The third-order valence-corrected chi connectivity index (χ3v) is 6.83. The Balaban J connectivity index is 1.71. The fraction of sp³-hybridized carbons (Fsp3) is 0.333. The van der Waals surface area contributed by atoms with Crippen molar-refractivity contribution in [2.75, 3.05) is 24.2 Å². The SMILES string of the molecule is CC(C)c1ccc(-c2csc(N(CCNC(=O)NS(C)(=O)=O)Cc3cccs3)n2)cc1. The molecule has 0 fully saturated rings. The lowest BCUT2D eigenvalue weighted by Gasteiger charge is -2.21. The molecule has 166 valence electrons. The van der Waals surface area contributed by atoms with E-state index in [2.05, 4.69) is 54.4 Å². The third kappa shape index (κ3) is 7.05. The number of carbonyl (C=O) groups excluding carboxylic acids is 1. The molecular weight excluding hydrogens is 452 g/mol. The summed E-state index contributed by atoms with van der Waals surface area (Å²) in [6.45, 7) is 5.77. The molecule has 0 aliphatic heterocycles. The van der Waals surface area contributed by atoms with Crippen LogP contribution in [0.25, 0.3) is 11.3 Å². The van der Waals surface area contributed by atoms with Gasteiger partial charge in [-0.05, 0) is 22.9 Å². The number of nitrogens with one attached hydrogen (secondary N) is 2. The van der Waals surface area contributed by atoms with Crippen LogP contribution in [-0.2, 0) is 16.6 Å². The maximum Gasteiger partial charge on any atom is 0.328 e. The summed E-state index contributed by atoms with van der Waals surface area (Å²) in [4.78, 5) is 19.8. The lowest BCUT2D eigenvalue weighted by atomic mass is 10.0. The first kappa shape index (κ1) is 23.2. The standard InChI is InChI=1S/C21H26N4O3S3/c1-15(2)16-6-8-17(9-7-16)19-14-30-21(23-19)25(13-18-5-4-12-29-18)11-10-22-20(26)24-31(3,27)28/h4-9,12,14-15H,10-11,13H2,1-3H3,(H2,22,24,26). The van der Waals surface area contributed by atoms with Crippen LogP contribution in [0.5, 0.6) is 0 Å². The summed E-state index contributed by atoms with van der Waals surface area (Å²) in [6.07, 6.45) is 0.945. The van der Waals surface area contributed by atoms with E-state index in [4.69, 9.17) is 4.98 Å². The predicted molar refractivity (Wildman–Crippen MR) is 128 cm³/mol. The average molecular weight is 479 g/mol. The van der Waals surface area contributed by atoms with Gasteiger partial charge in [0.25, 0.3) is 0 Å². The molecule has 0 aliphatic rings. The molecule has 31 heavy (non-hydrogen) atoms. The topological polar surface area (TPSA) is 91.4 Å². The molecular formula is C21H26N4O3S3. The van der Waals surface area contributed by atoms with E-state index in [0.29, 0.717) is 19.0 Å². The molecule has 3 aromatic rings. The highest BCUT2D eigenvalue weighted by Gasteiger charge is 2.15. The van der Waals surface area contributed by atoms with Crippen molar-refractivity contribution in [1.82, 2.24) is 15.0 Å². The van der Waals surface area contributed by atoms with E-state index in [1.807, 2.05) is 21.5 Å². The molecule has 0 atom stereocenters. The molecule has 0 saturated heterocycles. The molecule has 1 aromatic carbocycles. The van der Waals surface area contributed by atoms with Gasteiger partial charge in [-0.25, -0.2) is 22.9 Å². The summed E-state index contributed by atoms with van der Waals surface area (Å²) in [5.41, 5.74) is 3.26. The van der Waals surface area contributed by atoms with Gasteiger partial charge < -0.3 is 10.2 Å². The van der Waals surface area contributed by atoms with E-state index in [0.717, 1.165) is 22.6 Å². The van der Waals surface area contributed by atoms with Gasteiger partial charge in [0.15, 0.2) is 5.13 Å². The first-order chi connectivity index (χ1) is 14.7. The van der Waals surface area contributed by atoms with Crippen molar-refractivity contribution >= 4 is 43.9 Å². The van der Waals surface area contributed by atoms with Gasteiger partial charge in [-0.1, -0.05) is 44.2 Å². The number of hydrogen-bond acceptors (Lipinski definition) is 7. The number of carbonyl (C=O) groups is 1. The first-order valence-corrected chi connectivity index (χ1v) is 13.4. The predicted octanol–water partition coefficient (Wildman–Crippen LogP) is 4.26. The zero-order valence-electron chi connectivity index (χ0n) is 17.7. The van der Waals surface area contributed by atoms with Gasteiger partial charge in [0.05, 0.1) is 18.5 Å². The first-order valence-electron chi connectivity index (χ1n) is 9.80. The summed E-state index contributed by atoms with van der Waals surface area (Å²) in [7, 11) is -3.59. The maximum atomic E-state index is 11.7. The number of rotatable bonds is 9. The van der Waals surface area contributed by atoms with Crippen molar-refractivity contribution in [3.8, 4) is 11.3 Å². The largest absolute Gasteiger partial charge is 0.341 e. The summed E-state index contributed by atoms with van der Waals surface area (Å²) >= 11 is 3.21. The van der Waals surface area contributed by atoms with Crippen LogP contribution in [0, 0.1) is 0 Å². The number of anilines is 1. The molecule has 0 saturated carbocycles. The maximum absolute atomic E-state index is 11.7. The summed E-state index contributed by atoms with van der Waals surface area (Å²) < 4.78 is 24.3. The molecule has 0 unspecified atom stereocenters. The number of aromatic nitrogens is 1. The Morgan fingerprint density at radius 3 is 2.52 bits per heavy atom. The van der Waals surface area contributed by atoms with Crippen molar-refractivity contribution in [3.63, 3.8) is 0 Å². The molecule has 2 heterocycles. The molecule has 0 bridgehead atoms. The molecule has 10 heteroatoms. The van der Waals surface area contributed by atoms with Gasteiger partial charge in [-0.2, -0.15) is 0 Å². The van der Waals surface area contributed by atoms with Crippen molar-refractivity contribution < 1.29 is 13.2 Å². The highest BCUT2D eigenvalue weighted by molar-refractivity contribution is 7.89. The van der Waals surface area contributed by atoms with Gasteiger partial charge in [0, 0.05) is 28.9 Å². The molecule has 2 amide bonds. The molecule has 3 rings (SSSR count). The third-order valence-electron chi connectivity index (χ3n) is 4.51. The average Bonchev–Trinajstić information content (AvgIpc) is 3.38. The van der Waals surface area contributed by atoms with Crippen LogP contribution < -0.4 is 14.9 Å². The van der Waals surface area contributed by atoms with Crippen LogP contribution in [0.3, 0.4) is 0 Å². The van der Waals surface area contributed by atoms with Gasteiger partial charge >= 0.3 is 6.03 Å². The zero-order valence-corrected chi connectivity index (χ0v) is 20.1. The minimum Gasteiger partial charge on any atom is -0.341 e. The van der Waals surface area contributed by atoms with Crippen LogP contribution in [-0.4, -0.2) is 38.8 Å². The number of amides is 2. The Morgan fingerprint density at radius 2 is 1.90 bits per heavy atom. The Morgan fingerprint density at radius 1 is 1.16 bits per heavy atom. The Labute approximate surface area is 191 Å². The fourth-order valence-electron chi connectivity index (χ4n) is 2.92. The number of thiophene rings is 1. The second-order valence-corrected chi connectivity index (χ2v) is 11.0. The molecule has 0 aliphatic carbocycles. The molecule has 0 spiro atoms. The number of nitrogens with zero attached hydrogens (tertiary/aromatic N) is 2. The second-order valence-electron chi connectivity index (χ2n) is 7.42. The highest BCUT2D eigenvalue weighted by Crippen LogP contribution is 2.29. The minimum atomic E-state index is -3.59. The van der Waals surface area contributed by atoms with Crippen molar-refractivity contribution in [2.24, 2.45) is 0 Å². The van der Waals surface area contributed by atoms with E-state index in [1.165, 1.54) is 10.4 Å². The van der Waals surface area contributed by atoms with Crippen molar-refractivity contribution in [3.05, 3.63) is 57.6 Å². The van der Waals surface area contributed by atoms with Crippen LogP contribution >= 0.6 is 22.7 Å². The monoisotopic (exact) mass is 478 g/mol. The Bertz CT molecular complexity index is 1090. The van der Waals surface area contributed by atoms with Gasteiger partial charge in [-0.15, -0.1) is 22.7 Å². The van der Waals surface area contributed by atoms with Crippen molar-refractivity contribution in [1.29, 1.82) is 0 Å². The lowest BCUT2D eigenvalue weighted by Crippen LogP contribution is -2.42. The number of hydrogen-bond donors (Lipinski definition) is 2. The number of thiazole rings is 1. The quantitative estimate of drug-likeness (QED) is 0.479. The number of urea groups is 1. The van der Waals surface area contributed by atoms with E-state index in [1.54, 1.807) is 22.7 Å². The summed E-state index contributed by atoms with van der Waals surface area (Å²) in [5, 5.41) is 7.49. The van der Waals surface area contributed by atoms with Gasteiger partial charge in [0.2, 0.25) is 10.0 Å². The van der Waals surface area contributed by atoms with Crippen LogP contribution in [0.4, 0.5) is 9.93 Å². The molecule has 7 nitrogen and oxygen atoms in total. The lowest BCUT2D eigenvalue weighted by molar-refractivity contribution is 0.246. The minimum absolute atomic E-state index is 0.282. The fourth-order valence-corrected chi connectivity index (χ4v) is 4.91. The van der Waals surface area contributed by atoms with Crippen LogP contribution in [0.15, 0.2) is 47.2 Å². The Hall–Kier alpha value is -2.43. The molecule has 0 radical (unpaired) electrons. The van der Waals surface area contributed by atoms with E-state index >= 15 is 0 Å². The number of benzene rings is 1. The summed E-state index contributed by atoms with van der Waals surface area (Å²) in [6, 6.07) is 11.8. The van der Waals surface area contributed by atoms with E-state index in [9.17, 15) is 13.2 Å². The van der Waals surface area contributed by atoms with E-state index in [-0.39, 0.29) is 6.54 Å². The van der Waals surface area contributed by atoms with Crippen molar-refractivity contribution in [2.45, 2.75) is 26.3 Å². The van der Waals surface area contributed by atoms with Gasteiger partial charge in [0.1, 0.15) is 0 Å². The Kier molecular flexibility index (Phi) is 7.69. The summed E-state index contributed by atoms with van der Waals surface area (Å²) in [5.74, 6) is 0.480. The zero-order chi connectivity index (χ0) is 22.4. The van der Waals surface area contributed by atoms with Crippen LogP contribution in [0.2, 0.25) is 0 Å². The molecule has 2 aromatic heterocycles. The van der Waals surface area contributed by atoms with Crippen LogP contribution in [0.1, 0.15) is 30.2 Å².